The molecule has 0 radical (unpaired) electrons. The number of nitriles is 1. The number of anilines is 1. The number of aromatic nitrogens is 1. The van der Waals surface area contributed by atoms with E-state index in [0.29, 0.717) is 35.3 Å². The van der Waals surface area contributed by atoms with Crippen LogP contribution in [0.1, 0.15) is 31.7 Å². The van der Waals surface area contributed by atoms with E-state index >= 15 is 0 Å². The molecule has 1 aromatic heterocycles. The van der Waals surface area contributed by atoms with E-state index in [1.165, 1.54) is 12.1 Å². The van der Waals surface area contributed by atoms with Gasteiger partial charge in [-0.25, -0.2) is 9.37 Å². The summed E-state index contributed by atoms with van der Waals surface area (Å²) < 4.78 is 20.8. The van der Waals surface area contributed by atoms with E-state index in [0.717, 1.165) is 47.7 Å². The van der Waals surface area contributed by atoms with E-state index in [1.807, 2.05) is 43.3 Å². The van der Waals surface area contributed by atoms with Crippen molar-refractivity contribution in [2.24, 2.45) is 0 Å². The minimum absolute atomic E-state index is 0.0712. The Balaban J connectivity index is 1.47. The normalized spacial score (nSPS) is 20.4. The molecule has 3 heterocycles. The van der Waals surface area contributed by atoms with Gasteiger partial charge in [0.25, 0.3) is 0 Å². The van der Waals surface area contributed by atoms with Gasteiger partial charge in [0.05, 0.1) is 16.2 Å². The first-order valence-corrected chi connectivity index (χ1v) is 15.0. The second kappa shape index (κ2) is 11.8. The maximum Gasteiger partial charge on any atom is 0.246 e. The highest BCUT2D eigenvalue weighted by Gasteiger charge is 2.34. The van der Waals surface area contributed by atoms with E-state index in [-0.39, 0.29) is 34.9 Å². The minimum Gasteiger partial charge on any atom is -0.475 e. The fraction of sp³-hybridized carbons (Fsp3) is 0.324. The van der Waals surface area contributed by atoms with Gasteiger partial charge < -0.3 is 19.9 Å². The number of carbonyl (C=O) groups excluding carboxylic acids is 1. The van der Waals surface area contributed by atoms with E-state index in [9.17, 15) is 14.4 Å². The largest absolute Gasteiger partial charge is 0.475 e. The number of fused-ring (bicyclic) bond motifs is 2. The molecule has 6 rings (SSSR count). The summed E-state index contributed by atoms with van der Waals surface area (Å²) in [5.74, 6) is -0.328. The number of amides is 1. The molecule has 0 aliphatic carbocycles. The number of pyridine rings is 1. The molecule has 3 aromatic carbocycles. The van der Waals surface area contributed by atoms with Gasteiger partial charge in [-0.15, -0.1) is 0 Å². The number of hydrogen-bond acceptors (Lipinski definition) is 6. The maximum atomic E-state index is 14.5. The van der Waals surface area contributed by atoms with Crippen LogP contribution in [0.25, 0.3) is 32.8 Å². The molecule has 2 aliphatic heterocycles. The second-order valence-electron chi connectivity index (χ2n) is 11.4. The number of nitrogens with zero attached hydrogens (tertiary/aromatic N) is 4. The molecule has 220 valence electrons. The monoisotopic (exact) mass is 597 g/mol. The number of benzene rings is 3. The molecule has 43 heavy (non-hydrogen) atoms. The standard InChI is InChI=1S/C34H33ClFN5O2/c1-4-30(42)41-16-14-28(20(41)2)38-33-25-12-10-22(24-9-5-7-21-11-13-27(36)32(35)31(21)24)17-29(25)39-34(26(33)18-37)43-19-23-8-6-15-40(23)3/h4-5,7,9-13,17,20,23,28H,1,6,8,14-16,19H2,2-3H3,(H,38,39)/t20-,23+,28-/m1/s1. The molecule has 1 N–H and O–H groups in total. The summed E-state index contributed by atoms with van der Waals surface area (Å²) in [6, 6.07) is 17.0. The smallest absolute Gasteiger partial charge is 0.246 e. The topological polar surface area (TPSA) is 81.5 Å². The molecule has 9 heteroatoms. The predicted molar refractivity (Wildman–Crippen MR) is 169 cm³/mol. The van der Waals surface area contributed by atoms with Crippen molar-refractivity contribution in [2.75, 3.05) is 32.1 Å². The first kappa shape index (κ1) is 28.9. The van der Waals surface area contributed by atoms with Gasteiger partial charge in [0.1, 0.15) is 24.1 Å². The van der Waals surface area contributed by atoms with Crippen LogP contribution in [-0.2, 0) is 4.79 Å². The molecule has 3 atom stereocenters. The first-order valence-electron chi connectivity index (χ1n) is 14.6. The van der Waals surface area contributed by atoms with E-state index in [2.05, 4.69) is 29.9 Å². The SMILES string of the molecule is C=CC(=O)N1CC[C@@H](Nc2c(C#N)c(OC[C@@H]3CCCN3C)nc3cc(-c4cccc5ccc(F)c(Cl)c45)ccc23)[C@H]1C. The Morgan fingerprint density at radius 2 is 2.09 bits per heavy atom. The number of ether oxygens (including phenoxy) is 1. The maximum absolute atomic E-state index is 14.5. The van der Waals surface area contributed by atoms with Gasteiger partial charge in [-0.2, -0.15) is 5.26 Å². The highest BCUT2D eigenvalue weighted by Crippen LogP contribution is 2.40. The molecule has 0 spiro atoms. The summed E-state index contributed by atoms with van der Waals surface area (Å²) in [6.07, 6.45) is 4.17. The second-order valence-corrected chi connectivity index (χ2v) is 11.8. The molecule has 4 aromatic rings. The van der Waals surface area contributed by atoms with Crippen molar-refractivity contribution in [2.45, 2.75) is 44.3 Å². The average Bonchev–Trinajstić information content (AvgIpc) is 3.60. The van der Waals surface area contributed by atoms with Crippen LogP contribution in [0.15, 0.2) is 61.2 Å². The van der Waals surface area contributed by atoms with Crippen molar-refractivity contribution in [3.63, 3.8) is 0 Å². The molecule has 2 fully saturated rings. The van der Waals surface area contributed by atoms with Crippen LogP contribution >= 0.6 is 11.6 Å². The van der Waals surface area contributed by atoms with Crippen LogP contribution < -0.4 is 10.1 Å². The van der Waals surface area contributed by atoms with Crippen molar-refractivity contribution >= 4 is 44.9 Å². The number of hydrogen-bond donors (Lipinski definition) is 1. The zero-order valence-corrected chi connectivity index (χ0v) is 25.0. The summed E-state index contributed by atoms with van der Waals surface area (Å²) >= 11 is 6.46. The Morgan fingerprint density at radius 1 is 1.26 bits per heavy atom. The summed E-state index contributed by atoms with van der Waals surface area (Å²) in [6.45, 7) is 7.65. The molecule has 2 saturated heterocycles. The van der Waals surface area contributed by atoms with Gasteiger partial charge in [-0.1, -0.05) is 54.6 Å². The Labute approximate surface area is 255 Å². The van der Waals surface area contributed by atoms with E-state index < -0.39 is 5.82 Å². The molecular formula is C34H33ClFN5O2. The number of likely N-dealkylation sites (tertiary alicyclic amines) is 2. The fourth-order valence-electron chi connectivity index (χ4n) is 6.43. The zero-order valence-electron chi connectivity index (χ0n) is 24.2. The lowest BCUT2D eigenvalue weighted by molar-refractivity contribution is -0.126. The summed E-state index contributed by atoms with van der Waals surface area (Å²) in [4.78, 5) is 21.3. The van der Waals surface area contributed by atoms with Crippen LogP contribution in [0.4, 0.5) is 10.1 Å². The van der Waals surface area contributed by atoms with Gasteiger partial charge in [0.2, 0.25) is 11.8 Å². The van der Waals surface area contributed by atoms with Crippen molar-refractivity contribution < 1.29 is 13.9 Å². The number of rotatable bonds is 7. The minimum atomic E-state index is -0.479. The lowest BCUT2D eigenvalue weighted by atomic mass is 9.96. The van der Waals surface area contributed by atoms with Crippen LogP contribution in [-0.4, -0.2) is 65.6 Å². The molecule has 1 amide bonds. The molecule has 0 bridgehead atoms. The van der Waals surface area contributed by atoms with Crippen molar-refractivity contribution in [3.05, 3.63) is 77.6 Å². The van der Waals surface area contributed by atoms with Crippen LogP contribution in [0.2, 0.25) is 5.02 Å². The first-order chi connectivity index (χ1) is 20.8. The van der Waals surface area contributed by atoms with Crippen molar-refractivity contribution in [1.29, 1.82) is 5.26 Å². The quantitative estimate of drug-likeness (QED) is 0.237. The third-order valence-corrected chi connectivity index (χ3v) is 9.31. The van der Waals surface area contributed by atoms with Gasteiger partial charge in [0.15, 0.2) is 0 Å². The molecule has 0 unspecified atom stereocenters. The highest BCUT2D eigenvalue weighted by atomic mass is 35.5. The van der Waals surface area contributed by atoms with E-state index in [4.69, 9.17) is 21.3 Å². The third kappa shape index (κ3) is 5.28. The fourth-order valence-corrected chi connectivity index (χ4v) is 6.70. The molecular weight excluding hydrogens is 565 g/mol. The molecule has 2 aliphatic rings. The van der Waals surface area contributed by atoms with Crippen molar-refractivity contribution in [3.8, 4) is 23.1 Å². The number of nitrogens with one attached hydrogen (secondary N) is 1. The lowest BCUT2D eigenvalue weighted by Gasteiger charge is -2.26. The Morgan fingerprint density at radius 3 is 2.84 bits per heavy atom. The highest BCUT2D eigenvalue weighted by molar-refractivity contribution is 6.36. The van der Waals surface area contributed by atoms with E-state index in [1.54, 1.807) is 11.0 Å². The van der Waals surface area contributed by atoms with Crippen LogP contribution in [0.3, 0.4) is 0 Å². The van der Waals surface area contributed by atoms with Gasteiger partial charge >= 0.3 is 0 Å². The van der Waals surface area contributed by atoms with Crippen LogP contribution in [0.5, 0.6) is 5.88 Å². The summed E-state index contributed by atoms with van der Waals surface area (Å²) in [5, 5.41) is 16.3. The molecule has 7 nitrogen and oxygen atoms in total. The van der Waals surface area contributed by atoms with Crippen molar-refractivity contribution in [1.82, 2.24) is 14.8 Å². The summed E-state index contributed by atoms with van der Waals surface area (Å²) in [7, 11) is 2.08. The molecule has 0 saturated carbocycles. The van der Waals surface area contributed by atoms with Gasteiger partial charge in [0, 0.05) is 35.4 Å². The third-order valence-electron chi connectivity index (χ3n) is 8.94. The van der Waals surface area contributed by atoms with Gasteiger partial charge in [-0.3, -0.25) is 4.79 Å². The number of likely N-dealkylation sites (N-methyl/N-ethyl adjacent to an activating group) is 1. The average molecular weight is 598 g/mol. The summed E-state index contributed by atoms with van der Waals surface area (Å²) in [5.41, 5.74) is 3.18. The number of halogens is 2. The van der Waals surface area contributed by atoms with Gasteiger partial charge in [-0.05, 0) is 74.5 Å². The Kier molecular flexibility index (Phi) is 7.95. The Hall–Kier alpha value is -4.19. The predicted octanol–water partition coefficient (Wildman–Crippen LogP) is 6.78. The lowest BCUT2D eigenvalue weighted by Crippen LogP contribution is -2.39. The Bertz CT molecular complexity index is 1790. The number of carbonyl (C=O) groups is 1. The zero-order chi connectivity index (χ0) is 30.2. The van der Waals surface area contributed by atoms with Crippen LogP contribution in [0, 0.1) is 17.1 Å².